The van der Waals surface area contributed by atoms with Crippen molar-refractivity contribution in [3.8, 4) is 0 Å². The molecule has 0 radical (unpaired) electrons. The maximum absolute atomic E-state index is 12.3. The van der Waals surface area contributed by atoms with Crippen molar-refractivity contribution in [3.63, 3.8) is 0 Å². The van der Waals surface area contributed by atoms with Gasteiger partial charge in [-0.15, -0.1) is 0 Å². The first kappa shape index (κ1) is 17.1. The molecule has 132 valence electrons. The summed E-state index contributed by atoms with van der Waals surface area (Å²) in [6.07, 6.45) is 5.76. The molecule has 24 heavy (non-hydrogen) atoms. The summed E-state index contributed by atoms with van der Waals surface area (Å²) in [5, 5.41) is 6.69. The molecule has 1 aliphatic heterocycles. The average Bonchev–Trinajstić information content (AvgIpc) is 2.58. The molecule has 1 aromatic heterocycles. The van der Waals surface area contributed by atoms with Gasteiger partial charge in [-0.25, -0.2) is 9.97 Å². The van der Waals surface area contributed by atoms with E-state index in [4.69, 9.17) is 0 Å². The molecule has 0 bridgehead atoms. The zero-order chi connectivity index (χ0) is 16.9. The summed E-state index contributed by atoms with van der Waals surface area (Å²) >= 11 is 0. The van der Waals surface area contributed by atoms with E-state index in [9.17, 15) is 4.79 Å². The lowest BCUT2D eigenvalue weighted by Crippen LogP contribution is -2.59. The first-order valence-corrected chi connectivity index (χ1v) is 8.91. The van der Waals surface area contributed by atoms with Crippen LogP contribution in [0.15, 0.2) is 18.5 Å². The number of hydrogen-bond donors (Lipinski definition) is 2. The molecule has 2 fully saturated rings. The largest absolute Gasteiger partial charge is 0.351 e. The summed E-state index contributed by atoms with van der Waals surface area (Å²) < 4.78 is 0. The van der Waals surface area contributed by atoms with Gasteiger partial charge in [0.2, 0.25) is 11.9 Å². The number of nitrogens with one attached hydrogen (secondary N) is 2. The smallest absolute Gasteiger partial charge is 0.234 e. The molecule has 1 saturated heterocycles. The van der Waals surface area contributed by atoms with Crippen molar-refractivity contribution in [2.24, 2.45) is 0 Å². The molecule has 2 unspecified atom stereocenters. The Kier molecular flexibility index (Phi) is 5.63. The molecule has 3 rings (SSSR count). The molecule has 7 heteroatoms. The Morgan fingerprint density at radius 1 is 1.17 bits per heavy atom. The van der Waals surface area contributed by atoms with Crippen molar-refractivity contribution in [1.29, 1.82) is 0 Å². The highest BCUT2D eigenvalue weighted by Gasteiger charge is 2.32. The Labute approximate surface area is 143 Å². The normalized spacial score (nSPS) is 24.7. The Balaban J connectivity index is 1.39. The van der Waals surface area contributed by atoms with E-state index in [1.165, 1.54) is 0 Å². The van der Waals surface area contributed by atoms with Gasteiger partial charge in [0.1, 0.15) is 0 Å². The number of piperazine rings is 1. The highest BCUT2D eigenvalue weighted by Crippen LogP contribution is 2.20. The van der Waals surface area contributed by atoms with Gasteiger partial charge >= 0.3 is 0 Å². The van der Waals surface area contributed by atoms with Crippen LogP contribution < -0.4 is 15.5 Å². The first-order valence-electron chi connectivity index (χ1n) is 8.91. The third-order valence-corrected chi connectivity index (χ3v) is 4.74. The second kappa shape index (κ2) is 7.90. The van der Waals surface area contributed by atoms with E-state index in [0.717, 1.165) is 45.0 Å². The number of carbonyl (C=O) groups is 1. The maximum atomic E-state index is 12.3. The molecule has 0 aromatic carbocycles. The fraction of sp³-hybridized carbons (Fsp3) is 0.706. The monoisotopic (exact) mass is 332 g/mol. The summed E-state index contributed by atoms with van der Waals surface area (Å²) in [6.45, 7) is 8.22. The number of aromatic nitrogens is 2. The van der Waals surface area contributed by atoms with Crippen molar-refractivity contribution in [1.82, 2.24) is 25.5 Å². The first-order chi connectivity index (χ1) is 11.6. The fourth-order valence-electron chi connectivity index (χ4n) is 3.32. The minimum Gasteiger partial charge on any atom is -0.351 e. The van der Waals surface area contributed by atoms with Crippen molar-refractivity contribution < 1.29 is 4.79 Å². The topological polar surface area (TPSA) is 73.4 Å². The Morgan fingerprint density at radius 2 is 1.83 bits per heavy atom. The lowest BCUT2D eigenvalue weighted by molar-refractivity contribution is -0.123. The third kappa shape index (κ3) is 4.42. The fourth-order valence-corrected chi connectivity index (χ4v) is 3.32. The number of rotatable bonds is 6. The molecule has 2 atom stereocenters. The van der Waals surface area contributed by atoms with E-state index in [0.29, 0.717) is 24.7 Å². The predicted octanol–water partition coefficient (Wildman–Crippen LogP) is 0.244. The highest BCUT2D eigenvalue weighted by molar-refractivity contribution is 5.78. The molecule has 7 nitrogen and oxygen atoms in total. The average molecular weight is 332 g/mol. The van der Waals surface area contributed by atoms with Crippen molar-refractivity contribution in [2.75, 3.05) is 37.6 Å². The molecule has 2 heterocycles. The maximum Gasteiger partial charge on any atom is 0.234 e. The van der Waals surface area contributed by atoms with Gasteiger partial charge in [0.05, 0.1) is 6.54 Å². The van der Waals surface area contributed by atoms with Crippen molar-refractivity contribution >= 4 is 11.9 Å². The third-order valence-electron chi connectivity index (χ3n) is 4.74. The van der Waals surface area contributed by atoms with Gasteiger partial charge < -0.3 is 15.5 Å². The zero-order valence-corrected chi connectivity index (χ0v) is 14.6. The Morgan fingerprint density at radius 3 is 2.42 bits per heavy atom. The van der Waals surface area contributed by atoms with Crippen LogP contribution in [0.2, 0.25) is 0 Å². The Bertz CT molecular complexity index is 529. The van der Waals surface area contributed by atoms with Gasteiger partial charge in [-0.2, -0.15) is 0 Å². The van der Waals surface area contributed by atoms with Crippen LogP contribution in [0.4, 0.5) is 5.95 Å². The molecule has 2 aliphatic rings. The van der Waals surface area contributed by atoms with Gasteiger partial charge in [-0.1, -0.05) is 13.8 Å². The molecule has 1 aromatic rings. The number of carbonyl (C=O) groups excluding carboxylic acids is 1. The van der Waals surface area contributed by atoms with Crippen LogP contribution in [0, 0.1) is 0 Å². The lowest BCUT2D eigenvalue weighted by Gasteiger charge is -2.40. The molecular formula is C17H28N6O. The van der Waals surface area contributed by atoms with E-state index < -0.39 is 0 Å². The number of amides is 1. The van der Waals surface area contributed by atoms with Gasteiger partial charge in [0.25, 0.3) is 0 Å². The molecule has 1 aliphatic carbocycles. The van der Waals surface area contributed by atoms with E-state index in [2.05, 4.69) is 44.2 Å². The zero-order valence-electron chi connectivity index (χ0n) is 14.6. The second-order valence-electron chi connectivity index (χ2n) is 6.99. The number of nitrogens with zero attached hydrogens (tertiary/aromatic N) is 4. The van der Waals surface area contributed by atoms with Gasteiger partial charge in [-0.05, 0) is 18.9 Å². The predicted molar refractivity (Wildman–Crippen MR) is 93.9 cm³/mol. The lowest BCUT2D eigenvalue weighted by atomic mass is 9.86. The van der Waals surface area contributed by atoms with Crippen LogP contribution in [0.3, 0.4) is 0 Å². The van der Waals surface area contributed by atoms with E-state index in [-0.39, 0.29) is 5.91 Å². The highest BCUT2D eigenvalue weighted by atomic mass is 16.2. The number of anilines is 1. The van der Waals surface area contributed by atoms with Crippen LogP contribution in [-0.2, 0) is 4.79 Å². The summed E-state index contributed by atoms with van der Waals surface area (Å²) in [5.74, 6) is 0.915. The molecule has 1 saturated carbocycles. The van der Waals surface area contributed by atoms with E-state index >= 15 is 0 Å². The molecular weight excluding hydrogens is 304 g/mol. The van der Waals surface area contributed by atoms with Crippen molar-refractivity contribution in [2.45, 2.75) is 44.8 Å². The summed E-state index contributed by atoms with van der Waals surface area (Å²) in [5.41, 5.74) is 0. The van der Waals surface area contributed by atoms with Gasteiger partial charge in [-0.3, -0.25) is 9.69 Å². The standard InChI is InChI=1S/C17H28N6O/c1-13(2)20-14-4-5-15(14)21-16(24)12-22-8-10-23(11-9-22)17-18-6-3-7-19-17/h3,6-7,13-15,20H,4-5,8-12H2,1-2H3,(H,21,24). The van der Waals surface area contributed by atoms with Crippen LogP contribution in [0.25, 0.3) is 0 Å². The minimum atomic E-state index is 0.139. The van der Waals surface area contributed by atoms with Crippen LogP contribution in [0.5, 0.6) is 0 Å². The minimum absolute atomic E-state index is 0.139. The summed E-state index contributed by atoms with van der Waals surface area (Å²) in [6, 6.07) is 3.01. The molecule has 0 spiro atoms. The summed E-state index contributed by atoms with van der Waals surface area (Å²) in [4.78, 5) is 25.2. The second-order valence-corrected chi connectivity index (χ2v) is 6.99. The van der Waals surface area contributed by atoms with Gasteiger partial charge in [0.15, 0.2) is 0 Å². The van der Waals surface area contributed by atoms with E-state index in [1.807, 2.05) is 6.07 Å². The van der Waals surface area contributed by atoms with E-state index in [1.54, 1.807) is 12.4 Å². The molecule has 2 N–H and O–H groups in total. The van der Waals surface area contributed by atoms with Gasteiger partial charge in [0, 0.05) is 56.7 Å². The Hall–Kier alpha value is -1.73. The van der Waals surface area contributed by atoms with Crippen LogP contribution >= 0.6 is 0 Å². The SMILES string of the molecule is CC(C)NC1CCC1NC(=O)CN1CCN(c2ncccn2)CC1. The van der Waals surface area contributed by atoms with Crippen LogP contribution in [-0.4, -0.2) is 71.6 Å². The molecule has 1 amide bonds. The summed E-state index contributed by atoms with van der Waals surface area (Å²) in [7, 11) is 0. The quantitative estimate of drug-likeness (QED) is 0.778. The van der Waals surface area contributed by atoms with Crippen LogP contribution in [0.1, 0.15) is 26.7 Å². The number of hydrogen-bond acceptors (Lipinski definition) is 6. The van der Waals surface area contributed by atoms with Crippen molar-refractivity contribution in [3.05, 3.63) is 18.5 Å².